The van der Waals surface area contributed by atoms with E-state index in [1.54, 1.807) is 18.2 Å². The lowest BCUT2D eigenvalue weighted by molar-refractivity contribution is 0.0998. The second-order valence-electron chi connectivity index (χ2n) is 7.09. The molecule has 1 aliphatic carbocycles. The SMILES string of the molecule is O=C(Nc1cc(Cl)cc(Cl)c1)c1oc2ccccc2c1CSC1CCCCC1. The number of nitrogens with one attached hydrogen (secondary N) is 1. The van der Waals surface area contributed by atoms with Gasteiger partial charge in [0.05, 0.1) is 0 Å². The van der Waals surface area contributed by atoms with Gasteiger partial charge < -0.3 is 9.73 Å². The fourth-order valence-electron chi connectivity index (χ4n) is 3.67. The van der Waals surface area contributed by atoms with Crippen molar-refractivity contribution < 1.29 is 9.21 Å². The number of halogens is 2. The number of furan rings is 1. The Labute approximate surface area is 178 Å². The van der Waals surface area contributed by atoms with Gasteiger partial charge in [-0.3, -0.25) is 4.79 Å². The van der Waals surface area contributed by atoms with Crippen molar-refractivity contribution in [1.82, 2.24) is 0 Å². The lowest BCUT2D eigenvalue weighted by Gasteiger charge is -2.20. The molecule has 0 atom stereocenters. The van der Waals surface area contributed by atoms with Crippen molar-refractivity contribution in [1.29, 1.82) is 0 Å². The molecule has 3 nitrogen and oxygen atoms in total. The summed E-state index contributed by atoms with van der Waals surface area (Å²) in [5.74, 6) is 0.843. The molecule has 4 rings (SSSR count). The minimum Gasteiger partial charge on any atom is -0.451 e. The topological polar surface area (TPSA) is 42.2 Å². The molecule has 6 heteroatoms. The maximum atomic E-state index is 13.0. The van der Waals surface area contributed by atoms with Crippen LogP contribution in [0.5, 0.6) is 0 Å². The van der Waals surface area contributed by atoms with Crippen LogP contribution in [-0.2, 0) is 5.75 Å². The summed E-state index contributed by atoms with van der Waals surface area (Å²) in [7, 11) is 0. The lowest BCUT2D eigenvalue weighted by Crippen LogP contribution is -2.13. The van der Waals surface area contributed by atoms with Crippen LogP contribution in [0.15, 0.2) is 46.9 Å². The average Bonchev–Trinajstić information content (AvgIpc) is 3.05. The average molecular weight is 434 g/mol. The van der Waals surface area contributed by atoms with E-state index < -0.39 is 0 Å². The molecule has 1 saturated carbocycles. The highest BCUT2D eigenvalue weighted by Crippen LogP contribution is 2.35. The molecule has 2 aromatic carbocycles. The number of benzene rings is 2. The van der Waals surface area contributed by atoms with E-state index in [0.29, 0.717) is 26.7 Å². The van der Waals surface area contributed by atoms with E-state index in [0.717, 1.165) is 22.3 Å². The van der Waals surface area contributed by atoms with Gasteiger partial charge in [-0.15, -0.1) is 0 Å². The van der Waals surface area contributed by atoms with Crippen LogP contribution in [-0.4, -0.2) is 11.2 Å². The molecule has 0 radical (unpaired) electrons. The fraction of sp³-hybridized carbons (Fsp3) is 0.318. The number of thioether (sulfide) groups is 1. The molecule has 0 aliphatic heterocycles. The predicted molar refractivity (Wildman–Crippen MR) is 119 cm³/mol. The molecule has 1 N–H and O–H groups in total. The summed E-state index contributed by atoms with van der Waals surface area (Å²) >= 11 is 14.0. The van der Waals surface area contributed by atoms with Gasteiger partial charge in [0.25, 0.3) is 5.91 Å². The molecule has 0 unspecified atom stereocenters. The van der Waals surface area contributed by atoms with E-state index in [1.807, 2.05) is 36.0 Å². The monoisotopic (exact) mass is 433 g/mol. The Morgan fingerprint density at radius 3 is 2.54 bits per heavy atom. The summed E-state index contributed by atoms with van der Waals surface area (Å²) in [5, 5.41) is 5.47. The Kier molecular flexibility index (Phi) is 6.19. The zero-order valence-corrected chi connectivity index (χ0v) is 17.7. The molecule has 28 heavy (non-hydrogen) atoms. The van der Waals surface area contributed by atoms with Gasteiger partial charge in [-0.1, -0.05) is 60.7 Å². The van der Waals surface area contributed by atoms with Crippen LogP contribution in [0.25, 0.3) is 11.0 Å². The highest BCUT2D eigenvalue weighted by molar-refractivity contribution is 7.99. The highest BCUT2D eigenvalue weighted by atomic mass is 35.5. The zero-order chi connectivity index (χ0) is 19.5. The first-order chi connectivity index (χ1) is 13.6. The van der Waals surface area contributed by atoms with E-state index >= 15 is 0 Å². The minimum atomic E-state index is -0.284. The van der Waals surface area contributed by atoms with Crippen molar-refractivity contribution in [3.8, 4) is 0 Å². The molecular formula is C22H21Cl2NO2S. The molecular weight excluding hydrogens is 413 g/mol. The van der Waals surface area contributed by atoms with Crippen LogP contribution < -0.4 is 5.32 Å². The number of hydrogen-bond acceptors (Lipinski definition) is 3. The standard InChI is InChI=1S/C22H21Cl2NO2S/c23-14-10-15(24)12-16(11-14)25-22(26)21-19(13-28-17-6-2-1-3-7-17)18-8-4-5-9-20(18)27-21/h4-5,8-12,17H,1-3,6-7,13H2,(H,25,26). The normalized spacial score (nSPS) is 15.1. The Morgan fingerprint density at radius 2 is 1.79 bits per heavy atom. The van der Waals surface area contributed by atoms with Gasteiger partial charge in [0.2, 0.25) is 0 Å². The molecule has 1 amide bonds. The van der Waals surface area contributed by atoms with E-state index in [4.69, 9.17) is 27.6 Å². The number of rotatable bonds is 5. The van der Waals surface area contributed by atoms with Crippen molar-refractivity contribution in [2.24, 2.45) is 0 Å². The van der Waals surface area contributed by atoms with Gasteiger partial charge >= 0.3 is 0 Å². The van der Waals surface area contributed by atoms with Crippen LogP contribution in [0, 0.1) is 0 Å². The van der Waals surface area contributed by atoms with Gasteiger partial charge in [-0.05, 0) is 37.1 Å². The number of anilines is 1. The predicted octanol–water partition coefficient (Wildman–Crippen LogP) is 7.56. The van der Waals surface area contributed by atoms with E-state index in [2.05, 4.69) is 5.32 Å². The zero-order valence-electron chi connectivity index (χ0n) is 15.3. The van der Waals surface area contributed by atoms with E-state index in [-0.39, 0.29) is 5.91 Å². The molecule has 0 spiro atoms. The smallest absolute Gasteiger partial charge is 0.291 e. The third kappa shape index (κ3) is 4.51. The van der Waals surface area contributed by atoms with E-state index in [9.17, 15) is 4.79 Å². The second-order valence-corrected chi connectivity index (χ2v) is 9.25. The Balaban J connectivity index is 1.60. The van der Waals surface area contributed by atoms with Crippen LogP contribution in [0.3, 0.4) is 0 Å². The van der Waals surface area contributed by atoms with Crippen molar-refractivity contribution in [2.45, 2.75) is 43.1 Å². The highest BCUT2D eigenvalue weighted by Gasteiger charge is 2.23. The molecule has 0 bridgehead atoms. The molecule has 1 aromatic heterocycles. The fourth-order valence-corrected chi connectivity index (χ4v) is 5.55. The number of para-hydroxylation sites is 1. The van der Waals surface area contributed by atoms with Gasteiger partial charge in [0, 0.05) is 37.7 Å². The summed E-state index contributed by atoms with van der Waals surface area (Å²) in [6, 6.07) is 12.8. The summed E-state index contributed by atoms with van der Waals surface area (Å²) in [6.45, 7) is 0. The van der Waals surface area contributed by atoms with Gasteiger partial charge in [0.1, 0.15) is 5.58 Å². The number of fused-ring (bicyclic) bond motifs is 1. The lowest BCUT2D eigenvalue weighted by atomic mass is 10.0. The van der Waals surface area contributed by atoms with Crippen molar-refractivity contribution in [3.63, 3.8) is 0 Å². The summed E-state index contributed by atoms with van der Waals surface area (Å²) in [5.41, 5.74) is 2.24. The number of carbonyl (C=O) groups excluding carboxylic acids is 1. The van der Waals surface area contributed by atoms with Gasteiger partial charge in [-0.2, -0.15) is 11.8 Å². The minimum absolute atomic E-state index is 0.284. The van der Waals surface area contributed by atoms with Crippen LogP contribution in [0.2, 0.25) is 10.0 Å². The van der Waals surface area contributed by atoms with Crippen molar-refractivity contribution in [3.05, 3.63) is 63.8 Å². The molecule has 1 aliphatic rings. The third-order valence-electron chi connectivity index (χ3n) is 5.04. The Morgan fingerprint density at radius 1 is 1.07 bits per heavy atom. The maximum absolute atomic E-state index is 13.0. The van der Waals surface area contributed by atoms with Crippen molar-refractivity contribution in [2.75, 3.05) is 5.32 Å². The largest absolute Gasteiger partial charge is 0.451 e. The molecule has 0 saturated heterocycles. The summed E-state index contributed by atoms with van der Waals surface area (Å²) in [6.07, 6.45) is 6.44. The van der Waals surface area contributed by atoms with Crippen molar-refractivity contribution >= 4 is 57.5 Å². The quantitative estimate of drug-likeness (QED) is 0.451. The van der Waals surface area contributed by atoms with Crippen LogP contribution in [0.1, 0.15) is 48.2 Å². The maximum Gasteiger partial charge on any atom is 0.291 e. The summed E-state index contributed by atoms with van der Waals surface area (Å²) < 4.78 is 5.94. The van der Waals surface area contributed by atoms with Gasteiger partial charge in [0.15, 0.2) is 5.76 Å². The first-order valence-electron chi connectivity index (χ1n) is 9.49. The first kappa shape index (κ1) is 19.7. The number of carbonyl (C=O) groups is 1. The molecule has 1 heterocycles. The number of amides is 1. The van der Waals surface area contributed by atoms with Crippen LogP contribution in [0.4, 0.5) is 5.69 Å². The Hall–Kier alpha value is -1.62. The van der Waals surface area contributed by atoms with Gasteiger partial charge in [-0.25, -0.2) is 0 Å². The second kappa shape index (κ2) is 8.81. The molecule has 146 valence electrons. The Bertz CT molecular complexity index is 975. The summed E-state index contributed by atoms with van der Waals surface area (Å²) in [4.78, 5) is 13.0. The third-order valence-corrected chi connectivity index (χ3v) is 6.88. The number of hydrogen-bond donors (Lipinski definition) is 1. The van der Waals surface area contributed by atoms with Crippen LogP contribution >= 0.6 is 35.0 Å². The molecule has 3 aromatic rings. The molecule has 1 fully saturated rings. The first-order valence-corrected chi connectivity index (χ1v) is 11.3. The van der Waals surface area contributed by atoms with E-state index in [1.165, 1.54) is 32.1 Å².